The lowest BCUT2D eigenvalue weighted by molar-refractivity contribution is 0.0616. The summed E-state index contributed by atoms with van der Waals surface area (Å²) < 4.78 is 0. The van der Waals surface area contributed by atoms with Crippen molar-refractivity contribution in [2.45, 2.75) is 30.2 Å². The first kappa shape index (κ1) is 19.0. The van der Waals surface area contributed by atoms with Crippen molar-refractivity contribution in [1.29, 1.82) is 0 Å². The molecule has 0 aromatic heterocycles. The van der Waals surface area contributed by atoms with E-state index in [2.05, 4.69) is 35.2 Å². The normalized spacial score (nSPS) is 17.8. The molecule has 3 nitrogen and oxygen atoms in total. The van der Waals surface area contributed by atoms with E-state index in [9.17, 15) is 4.79 Å². The fourth-order valence-corrected chi connectivity index (χ4v) is 4.25. The van der Waals surface area contributed by atoms with Gasteiger partial charge in [0.15, 0.2) is 0 Å². The van der Waals surface area contributed by atoms with Gasteiger partial charge in [0.1, 0.15) is 0 Å². The number of amides is 1. The molecule has 1 aliphatic heterocycles. The van der Waals surface area contributed by atoms with Gasteiger partial charge in [-0.25, -0.2) is 0 Å². The van der Waals surface area contributed by atoms with Gasteiger partial charge in [-0.3, -0.25) is 4.79 Å². The van der Waals surface area contributed by atoms with E-state index in [4.69, 9.17) is 0 Å². The second-order valence-electron chi connectivity index (χ2n) is 6.95. The summed E-state index contributed by atoms with van der Waals surface area (Å²) in [5.41, 5.74) is 2.21. The van der Waals surface area contributed by atoms with Crippen LogP contribution in [0.1, 0.15) is 28.8 Å². The van der Waals surface area contributed by atoms with E-state index in [0.717, 1.165) is 49.4 Å². The molecule has 0 unspecified atom stereocenters. The van der Waals surface area contributed by atoms with Crippen LogP contribution in [0.25, 0.3) is 0 Å². The molecule has 2 aromatic rings. The second kappa shape index (κ2) is 9.24. The third kappa shape index (κ3) is 4.68. The highest BCUT2D eigenvalue weighted by atomic mass is 32.2. The monoisotopic (exact) mass is 368 g/mol. The van der Waals surface area contributed by atoms with Gasteiger partial charge >= 0.3 is 0 Å². The fourth-order valence-electron chi connectivity index (χ4n) is 3.66. The molecule has 4 heteroatoms. The summed E-state index contributed by atoms with van der Waals surface area (Å²) in [6.45, 7) is 3.16. The molecule has 1 heterocycles. The number of benzene rings is 2. The van der Waals surface area contributed by atoms with E-state index in [1.54, 1.807) is 11.8 Å². The molecule has 0 spiro atoms. The number of carbonyl (C=O) groups excluding carboxylic acids is 1. The van der Waals surface area contributed by atoms with Crippen LogP contribution in [0.3, 0.4) is 0 Å². The number of hydrogen-bond acceptors (Lipinski definition) is 3. The minimum Gasteiger partial charge on any atom is -0.337 e. The number of rotatable bonds is 6. The van der Waals surface area contributed by atoms with E-state index in [0.29, 0.717) is 6.04 Å². The second-order valence-corrected chi connectivity index (χ2v) is 7.80. The Balaban J connectivity index is 1.60. The molecular weight excluding hydrogens is 340 g/mol. The zero-order chi connectivity index (χ0) is 18.4. The van der Waals surface area contributed by atoms with Gasteiger partial charge in [-0.1, -0.05) is 42.5 Å². The molecule has 1 amide bonds. The van der Waals surface area contributed by atoms with Crippen LogP contribution in [-0.2, 0) is 6.42 Å². The third-order valence-electron chi connectivity index (χ3n) is 5.25. The first-order chi connectivity index (χ1) is 12.7. The van der Waals surface area contributed by atoms with Crippen molar-refractivity contribution >= 4 is 17.7 Å². The van der Waals surface area contributed by atoms with Gasteiger partial charge < -0.3 is 9.80 Å². The van der Waals surface area contributed by atoms with Crippen molar-refractivity contribution in [3.63, 3.8) is 0 Å². The predicted molar refractivity (Wildman–Crippen MR) is 110 cm³/mol. The zero-order valence-corrected chi connectivity index (χ0v) is 16.5. The summed E-state index contributed by atoms with van der Waals surface area (Å²) in [6, 6.07) is 18.9. The van der Waals surface area contributed by atoms with Crippen LogP contribution in [0.4, 0.5) is 0 Å². The lowest BCUT2D eigenvalue weighted by atomic mass is 10.0. The van der Waals surface area contributed by atoms with E-state index in [1.807, 2.05) is 42.5 Å². The van der Waals surface area contributed by atoms with Crippen LogP contribution in [0.5, 0.6) is 0 Å². The summed E-state index contributed by atoms with van der Waals surface area (Å²) in [6.07, 6.45) is 5.34. The summed E-state index contributed by atoms with van der Waals surface area (Å²) >= 11 is 1.64. The zero-order valence-electron chi connectivity index (χ0n) is 15.7. The predicted octanol–water partition coefficient (Wildman–Crippen LogP) is 4.19. The molecule has 0 bridgehead atoms. The Hall–Kier alpha value is -1.78. The maximum atomic E-state index is 13.0. The first-order valence-electron chi connectivity index (χ1n) is 9.35. The number of nitrogens with zero attached hydrogens (tertiary/aromatic N) is 2. The molecule has 0 N–H and O–H groups in total. The number of likely N-dealkylation sites (tertiary alicyclic amines) is 1. The summed E-state index contributed by atoms with van der Waals surface area (Å²) in [4.78, 5) is 18.5. The number of hydrogen-bond donors (Lipinski definition) is 0. The molecule has 1 saturated heterocycles. The lowest BCUT2D eigenvalue weighted by Gasteiger charge is -2.38. The highest BCUT2D eigenvalue weighted by molar-refractivity contribution is 7.98. The smallest absolute Gasteiger partial charge is 0.255 e. The minimum absolute atomic E-state index is 0.143. The Bertz CT molecular complexity index is 719. The number of carbonyl (C=O) groups is 1. The van der Waals surface area contributed by atoms with Crippen molar-refractivity contribution < 1.29 is 4.79 Å². The van der Waals surface area contributed by atoms with E-state index in [-0.39, 0.29) is 5.91 Å². The highest BCUT2D eigenvalue weighted by Gasteiger charge is 2.27. The molecule has 0 aliphatic carbocycles. The number of piperidine rings is 1. The number of likely N-dealkylation sites (N-methyl/N-ethyl adjacent to an activating group) is 1. The van der Waals surface area contributed by atoms with Gasteiger partial charge in [0.25, 0.3) is 5.91 Å². The van der Waals surface area contributed by atoms with Crippen LogP contribution in [0, 0.1) is 0 Å². The van der Waals surface area contributed by atoms with Crippen molar-refractivity contribution in [1.82, 2.24) is 9.80 Å². The first-order valence-corrected chi connectivity index (χ1v) is 10.6. The van der Waals surface area contributed by atoms with E-state index in [1.165, 1.54) is 5.56 Å². The Labute approximate surface area is 161 Å². The Morgan fingerprint density at radius 3 is 2.65 bits per heavy atom. The number of thioether (sulfide) groups is 1. The fraction of sp³-hybridized carbons (Fsp3) is 0.409. The molecule has 3 rings (SSSR count). The van der Waals surface area contributed by atoms with E-state index < -0.39 is 0 Å². The minimum atomic E-state index is 0.143. The van der Waals surface area contributed by atoms with Crippen molar-refractivity contribution in [3.8, 4) is 0 Å². The van der Waals surface area contributed by atoms with Crippen LogP contribution in [0.15, 0.2) is 59.5 Å². The largest absolute Gasteiger partial charge is 0.337 e. The standard InChI is InChI=1S/C22H28N2OS/c1-23(22(25)20-12-6-7-13-21(20)26-2)19-11-8-15-24(17-19)16-14-18-9-4-3-5-10-18/h3-7,9-10,12-13,19H,8,11,14-17H2,1-2H3/t19-/m0/s1. The van der Waals surface area contributed by atoms with Gasteiger partial charge in [0, 0.05) is 31.1 Å². The molecule has 0 saturated carbocycles. The molecule has 26 heavy (non-hydrogen) atoms. The topological polar surface area (TPSA) is 23.6 Å². The van der Waals surface area contributed by atoms with Gasteiger partial charge in [0.2, 0.25) is 0 Å². The van der Waals surface area contributed by atoms with Gasteiger partial charge in [-0.05, 0) is 49.8 Å². The Morgan fingerprint density at radius 2 is 1.88 bits per heavy atom. The third-order valence-corrected chi connectivity index (χ3v) is 6.04. The Morgan fingerprint density at radius 1 is 1.15 bits per heavy atom. The lowest BCUT2D eigenvalue weighted by Crippen LogP contribution is -2.49. The summed E-state index contributed by atoms with van der Waals surface area (Å²) in [5.74, 6) is 0.143. The summed E-state index contributed by atoms with van der Waals surface area (Å²) in [7, 11) is 1.96. The average Bonchev–Trinajstić information content (AvgIpc) is 2.72. The van der Waals surface area contributed by atoms with Gasteiger partial charge in [0.05, 0.1) is 5.56 Å². The molecule has 1 aliphatic rings. The van der Waals surface area contributed by atoms with E-state index >= 15 is 0 Å². The average molecular weight is 369 g/mol. The molecule has 138 valence electrons. The van der Waals surface area contributed by atoms with Gasteiger partial charge in [-0.2, -0.15) is 0 Å². The SMILES string of the molecule is CSc1ccccc1C(=O)N(C)[C@H]1CCCN(CCc2ccccc2)C1. The molecule has 2 aromatic carbocycles. The highest BCUT2D eigenvalue weighted by Crippen LogP contribution is 2.23. The van der Waals surface area contributed by atoms with Crippen LogP contribution >= 0.6 is 11.8 Å². The quantitative estimate of drug-likeness (QED) is 0.715. The maximum absolute atomic E-state index is 13.0. The van der Waals surface area contributed by atoms with Crippen molar-refractivity contribution in [2.24, 2.45) is 0 Å². The molecular formula is C22H28N2OS. The molecule has 1 atom stereocenters. The molecule has 1 fully saturated rings. The maximum Gasteiger partial charge on any atom is 0.255 e. The molecule has 0 radical (unpaired) electrons. The Kier molecular flexibility index (Phi) is 6.75. The summed E-state index contributed by atoms with van der Waals surface area (Å²) in [5, 5.41) is 0. The van der Waals surface area contributed by atoms with Crippen LogP contribution in [0.2, 0.25) is 0 Å². The van der Waals surface area contributed by atoms with Gasteiger partial charge in [-0.15, -0.1) is 11.8 Å². The van der Waals surface area contributed by atoms with Crippen molar-refractivity contribution in [3.05, 3.63) is 65.7 Å². The van der Waals surface area contributed by atoms with Crippen LogP contribution in [-0.4, -0.2) is 54.7 Å². The van der Waals surface area contributed by atoms with Crippen molar-refractivity contribution in [2.75, 3.05) is 32.9 Å². The van der Waals surface area contributed by atoms with Crippen LogP contribution < -0.4 is 0 Å².